The Balaban J connectivity index is 2.94. The molecule has 0 unspecified atom stereocenters. The minimum absolute atomic E-state index is 0.101. The molecule has 0 saturated carbocycles. The van der Waals surface area contributed by atoms with Crippen LogP contribution in [0.25, 0.3) is 0 Å². The number of hydrogen-bond acceptors (Lipinski definition) is 4. The summed E-state index contributed by atoms with van der Waals surface area (Å²) in [4.78, 5) is 32.2. The van der Waals surface area contributed by atoms with Crippen LogP contribution in [0.4, 0.5) is 5.69 Å². The van der Waals surface area contributed by atoms with E-state index in [1.165, 1.54) is 24.3 Å². The highest BCUT2D eigenvalue weighted by Gasteiger charge is 2.14. The number of benzene rings is 1. The molecular formula is C10H9NO4. The number of rotatable bonds is 4. The molecule has 0 N–H and O–H groups in total. The fraction of sp³-hybridized carbons (Fsp3) is 0.200. The molecule has 0 amide bonds. The maximum absolute atomic E-state index is 11.3. The fourth-order valence-corrected chi connectivity index (χ4v) is 1.06. The van der Waals surface area contributed by atoms with E-state index in [2.05, 4.69) is 0 Å². The highest BCUT2D eigenvalue weighted by Crippen LogP contribution is 2.12. The average molecular weight is 207 g/mol. The largest absolute Gasteiger partial charge is 0.290 e. The van der Waals surface area contributed by atoms with E-state index in [1.807, 2.05) is 0 Å². The lowest BCUT2D eigenvalue weighted by molar-refractivity contribution is -0.384. The zero-order valence-corrected chi connectivity index (χ0v) is 8.10. The van der Waals surface area contributed by atoms with Crippen LogP contribution in [-0.2, 0) is 4.79 Å². The molecule has 0 bridgehead atoms. The molecule has 0 radical (unpaired) electrons. The summed E-state index contributed by atoms with van der Waals surface area (Å²) in [6, 6.07) is 4.98. The lowest BCUT2D eigenvalue weighted by atomic mass is 10.1. The average Bonchev–Trinajstić information content (AvgIpc) is 2.27. The SMILES string of the molecule is CCC(=O)C(=O)c1ccc([N+](=O)[O-])cc1. The Morgan fingerprint density at radius 3 is 2.20 bits per heavy atom. The molecule has 78 valence electrons. The topological polar surface area (TPSA) is 77.3 Å². The van der Waals surface area contributed by atoms with Crippen molar-refractivity contribution in [3.8, 4) is 0 Å². The van der Waals surface area contributed by atoms with E-state index in [0.717, 1.165) is 0 Å². The summed E-state index contributed by atoms with van der Waals surface area (Å²) < 4.78 is 0. The van der Waals surface area contributed by atoms with Crippen molar-refractivity contribution in [2.75, 3.05) is 0 Å². The number of nitro groups is 1. The van der Waals surface area contributed by atoms with E-state index in [1.54, 1.807) is 6.92 Å². The van der Waals surface area contributed by atoms with Gasteiger partial charge in [0.05, 0.1) is 4.92 Å². The van der Waals surface area contributed by atoms with Crippen LogP contribution < -0.4 is 0 Å². The maximum atomic E-state index is 11.3. The summed E-state index contributed by atoms with van der Waals surface area (Å²) in [6.45, 7) is 1.59. The van der Waals surface area contributed by atoms with Crippen molar-refractivity contribution in [3.63, 3.8) is 0 Å². The quantitative estimate of drug-likeness (QED) is 0.326. The number of carbonyl (C=O) groups is 2. The van der Waals surface area contributed by atoms with Gasteiger partial charge in [-0.2, -0.15) is 0 Å². The normalized spacial score (nSPS) is 9.67. The predicted molar refractivity (Wildman–Crippen MR) is 52.7 cm³/mol. The molecule has 0 aromatic heterocycles. The number of nitrogens with zero attached hydrogens (tertiary/aromatic N) is 1. The summed E-state index contributed by atoms with van der Waals surface area (Å²) in [5.74, 6) is -1.10. The molecule has 0 aliphatic carbocycles. The number of ketones is 2. The summed E-state index contributed by atoms with van der Waals surface area (Å²) in [5, 5.41) is 10.3. The van der Waals surface area contributed by atoms with Crippen LogP contribution in [0.2, 0.25) is 0 Å². The van der Waals surface area contributed by atoms with Gasteiger partial charge in [-0.25, -0.2) is 0 Å². The molecule has 5 nitrogen and oxygen atoms in total. The Kier molecular flexibility index (Phi) is 3.28. The number of nitro benzene ring substituents is 1. The monoisotopic (exact) mass is 207 g/mol. The molecule has 0 aliphatic heterocycles. The van der Waals surface area contributed by atoms with Crippen molar-refractivity contribution in [1.29, 1.82) is 0 Å². The second-order valence-corrected chi connectivity index (χ2v) is 2.91. The van der Waals surface area contributed by atoms with Gasteiger partial charge in [0.25, 0.3) is 5.69 Å². The third-order valence-electron chi connectivity index (χ3n) is 1.91. The zero-order chi connectivity index (χ0) is 11.4. The van der Waals surface area contributed by atoms with E-state index in [9.17, 15) is 19.7 Å². The van der Waals surface area contributed by atoms with Gasteiger partial charge in [0.2, 0.25) is 11.6 Å². The molecule has 0 aliphatic rings. The first kappa shape index (κ1) is 11.0. The second kappa shape index (κ2) is 4.45. The Hall–Kier alpha value is -2.04. The van der Waals surface area contributed by atoms with Crippen molar-refractivity contribution in [2.45, 2.75) is 13.3 Å². The molecule has 0 saturated heterocycles. The van der Waals surface area contributed by atoms with Gasteiger partial charge in [0.15, 0.2) is 0 Å². The molecule has 0 spiro atoms. The molecule has 0 atom stereocenters. The van der Waals surface area contributed by atoms with E-state index < -0.39 is 16.5 Å². The second-order valence-electron chi connectivity index (χ2n) is 2.91. The molecule has 15 heavy (non-hydrogen) atoms. The highest BCUT2D eigenvalue weighted by atomic mass is 16.6. The molecule has 0 heterocycles. The van der Waals surface area contributed by atoms with Gasteiger partial charge in [0, 0.05) is 24.1 Å². The Morgan fingerprint density at radius 2 is 1.80 bits per heavy atom. The van der Waals surface area contributed by atoms with E-state index in [-0.39, 0.29) is 17.7 Å². The van der Waals surface area contributed by atoms with Gasteiger partial charge in [-0.3, -0.25) is 19.7 Å². The predicted octanol–water partition coefficient (Wildman–Crippen LogP) is 1.76. The van der Waals surface area contributed by atoms with E-state index in [0.29, 0.717) is 0 Å². The van der Waals surface area contributed by atoms with E-state index in [4.69, 9.17) is 0 Å². The number of carbonyl (C=O) groups excluding carboxylic acids is 2. The zero-order valence-electron chi connectivity index (χ0n) is 8.10. The van der Waals surface area contributed by atoms with Gasteiger partial charge < -0.3 is 0 Å². The summed E-state index contributed by atoms with van der Waals surface area (Å²) in [5.41, 5.74) is 0.0861. The highest BCUT2D eigenvalue weighted by molar-refractivity contribution is 6.43. The molecule has 5 heteroatoms. The lowest BCUT2D eigenvalue weighted by Gasteiger charge is -1.97. The van der Waals surface area contributed by atoms with Crippen LogP contribution in [0.15, 0.2) is 24.3 Å². The number of Topliss-reactive ketones (excluding diaryl/α,β-unsaturated/α-hetero) is 2. The van der Waals surface area contributed by atoms with Crippen molar-refractivity contribution in [3.05, 3.63) is 39.9 Å². The van der Waals surface area contributed by atoms with Crippen molar-refractivity contribution in [1.82, 2.24) is 0 Å². The summed E-state index contributed by atoms with van der Waals surface area (Å²) in [7, 11) is 0. The van der Waals surface area contributed by atoms with Gasteiger partial charge in [-0.1, -0.05) is 6.92 Å². The Morgan fingerprint density at radius 1 is 1.27 bits per heavy atom. The van der Waals surface area contributed by atoms with Crippen LogP contribution in [-0.4, -0.2) is 16.5 Å². The minimum atomic E-state index is -0.604. The first-order valence-corrected chi connectivity index (χ1v) is 4.38. The van der Waals surface area contributed by atoms with Crippen LogP contribution >= 0.6 is 0 Å². The van der Waals surface area contributed by atoms with Gasteiger partial charge >= 0.3 is 0 Å². The fourth-order valence-electron chi connectivity index (χ4n) is 1.06. The van der Waals surface area contributed by atoms with Crippen LogP contribution in [0.5, 0.6) is 0 Å². The Labute approximate surface area is 85.9 Å². The van der Waals surface area contributed by atoms with Crippen molar-refractivity contribution >= 4 is 17.3 Å². The molecule has 0 fully saturated rings. The Bertz CT molecular complexity index is 408. The van der Waals surface area contributed by atoms with Gasteiger partial charge in [0.1, 0.15) is 0 Å². The third kappa shape index (κ3) is 2.46. The molecule has 1 aromatic rings. The summed E-state index contributed by atoms with van der Waals surface area (Å²) in [6.07, 6.45) is 0.135. The van der Waals surface area contributed by atoms with Crippen LogP contribution in [0.1, 0.15) is 23.7 Å². The first-order chi connectivity index (χ1) is 7.06. The van der Waals surface area contributed by atoms with Gasteiger partial charge in [-0.15, -0.1) is 0 Å². The van der Waals surface area contributed by atoms with Crippen LogP contribution in [0, 0.1) is 10.1 Å². The van der Waals surface area contributed by atoms with Crippen LogP contribution in [0.3, 0.4) is 0 Å². The smallest absolute Gasteiger partial charge is 0.269 e. The molecular weight excluding hydrogens is 198 g/mol. The van der Waals surface area contributed by atoms with E-state index >= 15 is 0 Å². The minimum Gasteiger partial charge on any atom is -0.290 e. The van der Waals surface area contributed by atoms with Gasteiger partial charge in [-0.05, 0) is 12.1 Å². The maximum Gasteiger partial charge on any atom is 0.269 e. The lowest BCUT2D eigenvalue weighted by Crippen LogP contribution is -2.12. The van der Waals surface area contributed by atoms with Crippen molar-refractivity contribution in [2.24, 2.45) is 0 Å². The first-order valence-electron chi connectivity index (χ1n) is 4.38. The molecule has 1 rings (SSSR count). The van der Waals surface area contributed by atoms with Crippen molar-refractivity contribution < 1.29 is 14.5 Å². The third-order valence-corrected chi connectivity index (χ3v) is 1.91. The molecule has 1 aromatic carbocycles. The number of hydrogen-bond donors (Lipinski definition) is 0. The summed E-state index contributed by atoms with van der Waals surface area (Å²) >= 11 is 0. The standard InChI is InChI=1S/C10H9NO4/c1-2-9(12)10(13)7-3-5-8(6-4-7)11(14)15/h3-6H,2H2,1H3. The number of non-ortho nitro benzene ring substituents is 1.